The van der Waals surface area contributed by atoms with Crippen molar-refractivity contribution in [1.82, 2.24) is 9.97 Å². The molecule has 2 aromatic rings. The van der Waals surface area contributed by atoms with Gasteiger partial charge in [0, 0.05) is 6.20 Å². The lowest BCUT2D eigenvalue weighted by Gasteiger charge is -2.12. The van der Waals surface area contributed by atoms with Crippen LogP contribution in [0, 0.1) is 11.3 Å². The third kappa shape index (κ3) is 4.47. The molecule has 0 bridgehead atoms. The molecule has 0 atom stereocenters. The molecule has 0 spiro atoms. The first-order valence-electron chi connectivity index (χ1n) is 6.37. The van der Waals surface area contributed by atoms with Gasteiger partial charge in [-0.2, -0.15) is 18.4 Å². The zero-order valence-electron chi connectivity index (χ0n) is 11.6. The van der Waals surface area contributed by atoms with E-state index in [4.69, 9.17) is 21.6 Å². The number of alkyl halides is 3. The van der Waals surface area contributed by atoms with Crippen LogP contribution in [-0.4, -0.2) is 23.1 Å². The van der Waals surface area contributed by atoms with Crippen molar-refractivity contribution in [3.05, 3.63) is 46.7 Å². The fraction of sp³-hybridized carbons (Fsp3) is 0.214. The lowest BCUT2D eigenvalue weighted by molar-refractivity contribution is -0.139. The van der Waals surface area contributed by atoms with Crippen molar-refractivity contribution >= 4 is 17.4 Å². The maximum absolute atomic E-state index is 12.8. The SMILES string of the molecule is N#Cc1nc(NCCOc2ncccc2C(F)(F)F)ccc1Cl. The zero-order chi connectivity index (χ0) is 16.9. The van der Waals surface area contributed by atoms with Gasteiger partial charge < -0.3 is 10.1 Å². The van der Waals surface area contributed by atoms with Crippen molar-refractivity contribution in [2.75, 3.05) is 18.5 Å². The number of hydrogen-bond acceptors (Lipinski definition) is 5. The van der Waals surface area contributed by atoms with Crippen LogP contribution in [0.15, 0.2) is 30.5 Å². The molecule has 0 radical (unpaired) electrons. The zero-order valence-corrected chi connectivity index (χ0v) is 12.3. The van der Waals surface area contributed by atoms with Gasteiger partial charge in [0.15, 0.2) is 5.69 Å². The normalized spacial score (nSPS) is 10.9. The fourth-order valence-electron chi connectivity index (χ4n) is 1.67. The standard InChI is InChI=1S/C14H10ClF3N4O/c15-10-3-4-12(22-11(10)8-19)20-6-7-23-13-9(14(16,17)18)2-1-5-21-13/h1-5H,6-7H2,(H,20,22). The maximum Gasteiger partial charge on any atom is 0.421 e. The molecule has 2 aromatic heterocycles. The Hall–Kier alpha value is -2.53. The van der Waals surface area contributed by atoms with Crippen LogP contribution in [0.25, 0.3) is 0 Å². The average Bonchev–Trinajstić information content (AvgIpc) is 2.52. The number of ether oxygens (including phenoxy) is 1. The van der Waals surface area contributed by atoms with Gasteiger partial charge in [-0.25, -0.2) is 9.97 Å². The Bertz CT molecular complexity index is 731. The Kier molecular flexibility index (Phi) is 5.24. The van der Waals surface area contributed by atoms with E-state index in [9.17, 15) is 13.2 Å². The summed E-state index contributed by atoms with van der Waals surface area (Å²) in [5.74, 6) is -0.116. The number of nitrogens with one attached hydrogen (secondary N) is 1. The minimum absolute atomic E-state index is 0.0571. The number of hydrogen-bond donors (Lipinski definition) is 1. The van der Waals surface area contributed by atoms with E-state index in [2.05, 4.69) is 15.3 Å². The van der Waals surface area contributed by atoms with Crippen LogP contribution in [0.4, 0.5) is 19.0 Å². The highest BCUT2D eigenvalue weighted by Crippen LogP contribution is 2.34. The summed E-state index contributed by atoms with van der Waals surface area (Å²) in [5.41, 5.74) is -0.877. The number of halogens is 4. The first-order chi connectivity index (χ1) is 10.9. The second-order valence-corrected chi connectivity index (χ2v) is 4.68. The molecule has 1 N–H and O–H groups in total. The van der Waals surface area contributed by atoms with E-state index in [0.717, 1.165) is 6.07 Å². The summed E-state index contributed by atoms with van der Waals surface area (Å²) in [7, 11) is 0. The highest BCUT2D eigenvalue weighted by molar-refractivity contribution is 6.31. The molecule has 0 aliphatic heterocycles. The predicted molar refractivity (Wildman–Crippen MR) is 77.2 cm³/mol. The number of aromatic nitrogens is 2. The van der Waals surface area contributed by atoms with Crippen LogP contribution >= 0.6 is 11.6 Å². The van der Waals surface area contributed by atoms with Crippen LogP contribution in [0.1, 0.15) is 11.3 Å². The Morgan fingerprint density at radius 3 is 2.78 bits per heavy atom. The molecular formula is C14H10ClF3N4O. The monoisotopic (exact) mass is 342 g/mol. The third-order valence-electron chi connectivity index (χ3n) is 2.68. The van der Waals surface area contributed by atoms with Crippen LogP contribution < -0.4 is 10.1 Å². The number of nitrogens with zero attached hydrogens (tertiary/aromatic N) is 3. The molecule has 0 saturated heterocycles. The summed E-state index contributed by atoms with van der Waals surface area (Å²) in [6.07, 6.45) is -3.31. The van der Waals surface area contributed by atoms with Gasteiger partial charge in [0.2, 0.25) is 5.88 Å². The Morgan fingerprint density at radius 2 is 2.09 bits per heavy atom. The van der Waals surface area contributed by atoms with Crippen molar-refractivity contribution in [2.24, 2.45) is 0 Å². The van der Waals surface area contributed by atoms with Crippen molar-refractivity contribution in [3.63, 3.8) is 0 Å². The van der Waals surface area contributed by atoms with E-state index in [-0.39, 0.29) is 23.9 Å². The van der Waals surface area contributed by atoms with E-state index in [0.29, 0.717) is 5.82 Å². The molecule has 0 aliphatic rings. The smallest absolute Gasteiger partial charge is 0.421 e. The lowest BCUT2D eigenvalue weighted by Crippen LogP contribution is -2.16. The van der Waals surface area contributed by atoms with E-state index in [1.165, 1.54) is 18.3 Å². The van der Waals surface area contributed by atoms with Crippen molar-refractivity contribution in [3.8, 4) is 11.9 Å². The first-order valence-corrected chi connectivity index (χ1v) is 6.75. The van der Waals surface area contributed by atoms with Gasteiger partial charge in [0.25, 0.3) is 0 Å². The number of anilines is 1. The van der Waals surface area contributed by atoms with Crippen molar-refractivity contribution in [2.45, 2.75) is 6.18 Å². The second kappa shape index (κ2) is 7.15. The molecule has 0 saturated carbocycles. The van der Waals surface area contributed by atoms with Gasteiger partial charge in [-0.1, -0.05) is 11.6 Å². The van der Waals surface area contributed by atoms with Gasteiger partial charge in [-0.3, -0.25) is 0 Å². The number of rotatable bonds is 5. The molecule has 0 aromatic carbocycles. The Morgan fingerprint density at radius 1 is 1.30 bits per heavy atom. The van der Waals surface area contributed by atoms with E-state index < -0.39 is 17.6 Å². The predicted octanol–water partition coefficient (Wildman–Crippen LogP) is 3.51. The summed E-state index contributed by atoms with van der Waals surface area (Å²) in [6, 6.07) is 6.96. The average molecular weight is 343 g/mol. The summed E-state index contributed by atoms with van der Waals surface area (Å²) < 4.78 is 43.3. The minimum Gasteiger partial charge on any atom is -0.475 e. The molecule has 23 heavy (non-hydrogen) atoms. The molecular weight excluding hydrogens is 333 g/mol. The highest BCUT2D eigenvalue weighted by atomic mass is 35.5. The summed E-state index contributed by atoms with van der Waals surface area (Å²) in [6.45, 7) is 0.111. The summed E-state index contributed by atoms with van der Waals surface area (Å²) in [4.78, 5) is 7.52. The first kappa shape index (κ1) is 16.8. The molecule has 5 nitrogen and oxygen atoms in total. The number of pyridine rings is 2. The topological polar surface area (TPSA) is 70.8 Å². The van der Waals surface area contributed by atoms with E-state index in [1.54, 1.807) is 6.07 Å². The third-order valence-corrected chi connectivity index (χ3v) is 2.98. The largest absolute Gasteiger partial charge is 0.475 e. The van der Waals surface area contributed by atoms with Crippen molar-refractivity contribution < 1.29 is 17.9 Å². The molecule has 0 aliphatic carbocycles. The number of nitriles is 1. The van der Waals surface area contributed by atoms with Gasteiger partial charge >= 0.3 is 6.18 Å². The molecule has 0 unspecified atom stereocenters. The summed E-state index contributed by atoms with van der Waals surface area (Å²) in [5, 5.41) is 11.8. The molecule has 2 rings (SSSR count). The minimum atomic E-state index is -4.53. The molecule has 9 heteroatoms. The maximum atomic E-state index is 12.8. The summed E-state index contributed by atoms with van der Waals surface area (Å²) >= 11 is 5.75. The second-order valence-electron chi connectivity index (χ2n) is 4.27. The Labute approximate surface area is 134 Å². The van der Waals surface area contributed by atoms with Crippen LogP contribution in [0.3, 0.4) is 0 Å². The molecule has 120 valence electrons. The molecule has 0 fully saturated rings. The van der Waals surface area contributed by atoms with Crippen LogP contribution in [-0.2, 0) is 6.18 Å². The Balaban J connectivity index is 1.93. The van der Waals surface area contributed by atoms with Crippen molar-refractivity contribution in [1.29, 1.82) is 5.26 Å². The lowest BCUT2D eigenvalue weighted by atomic mass is 10.2. The van der Waals surface area contributed by atoms with E-state index >= 15 is 0 Å². The molecule has 2 heterocycles. The highest BCUT2D eigenvalue weighted by Gasteiger charge is 2.34. The van der Waals surface area contributed by atoms with Gasteiger partial charge in [0.1, 0.15) is 24.1 Å². The van der Waals surface area contributed by atoms with E-state index in [1.807, 2.05) is 6.07 Å². The fourth-order valence-corrected chi connectivity index (χ4v) is 1.81. The quantitative estimate of drug-likeness (QED) is 0.842. The van der Waals surface area contributed by atoms with Gasteiger partial charge in [-0.05, 0) is 24.3 Å². The van der Waals surface area contributed by atoms with Crippen LogP contribution in [0.5, 0.6) is 5.88 Å². The van der Waals surface area contributed by atoms with Gasteiger partial charge in [0.05, 0.1) is 11.6 Å². The van der Waals surface area contributed by atoms with Gasteiger partial charge in [-0.15, -0.1) is 0 Å². The van der Waals surface area contributed by atoms with Crippen LogP contribution in [0.2, 0.25) is 5.02 Å². The molecule has 0 amide bonds.